The molecule has 0 bridgehead atoms. The third kappa shape index (κ3) is 7.35. The van der Waals surface area contributed by atoms with Crippen LogP contribution in [0.5, 0.6) is 0 Å². The number of benzene rings is 10. The lowest BCUT2D eigenvalue weighted by Gasteiger charge is -2.12. The van der Waals surface area contributed by atoms with Gasteiger partial charge in [-0.1, -0.05) is 206 Å². The summed E-state index contributed by atoms with van der Waals surface area (Å²) < 4.78 is 6.79. The molecule has 3 heterocycles. The van der Waals surface area contributed by atoms with Crippen molar-refractivity contribution in [2.24, 2.45) is 0 Å². The number of aromatic nitrogens is 6. The molecule has 0 spiro atoms. The first kappa shape index (κ1) is 39.9. The molecule has 0 N–H and O–H groups in total. The van der Waals surface area contributed by atoms with E-state index in [9.17, 15) is 0 Å². The van der Waals surface area contributed by atoms with E-state index in [4.69, 9.17) is 34.3 Å². The zero-order valence-electron chi connectivity index (χ0n) is 37.0. The van der Waals surface area contributed by atoms with Gasteiger partial charge < -0.3 is 4.42 Å². The highest BCUT2D eigenvalue weighted by atomic mass is 16.3. The molecular formula is C62H38N6O. The van der Waals surface area contributed by atoms with Crippen LogP contribution in [0.3, 0.4) is 0 Å². The van der Waals surface area contributed by atoms with Crippen molar-refractivity contribution in [3.8, 4) is 90.6 Å². The van der Waals surface area contributed by atoms with Crippen molar-refractivity contribution in [3.05, 3.63) is 231 Å². The van der Waals surface area contributed by atoms with Crippen molar-refractivity contribution >= 4 is 43.5 Å². The molecule has 69 heavy (non-hydrogen) atoms. The summed E-state index contributed by atoms with van der Waals surface area (Å²) in [5.41, 5.74) is 11.2. The highest BCUT2D eigenvalue weighted by molar-refractivity contribution is 6.16. The van der Waals surface area contributed by atoms with Gasteiger partial charge in [0.25, 0.3) is 0 Å². The molecule has 13 aromatic rings. The average molecular weight is 883 g/mol. The van der Waals surface area contributed by atoms with Gasteiger partial charge in [0.2, 0.25) is 0 Å². The maximum Gasteiger partial charge on any atom is 0.164 e. The standard InChI is InChI=1S/C62H38N6O/c1-3-17-42(18-4-1)57-63-58(43-19-5-2-6-20-43)65-59(64-57)44-32-30-41(31-33-44)51-36-35-50(55-53-26-11-12-28-54(53)69-56(51)55)46-23-13-24-47(38-46)60-66-61(48-34-29-39-15-7-8-21-45(39)37-48)68-62(67-60)52-27-14-22-40-16-9-10-25-49(40)52/h1-38H. The van der Waals surface area contributed by atoms with E-state index in [-0.39, 0.29) is 0 Å². The summed E-state index contributed by atoms with van der Waals surface area (Å²) in [6.45, 7) is 0. The van der Waals surface area contributed by atoms with E-state index in [0.717, 1.165) is 99.1 Å². The number of nitrogens with zero attached hydrogens (tertiary/aromatic N) is 6. The van der Waals surface area contributed by atoms with Crippen LogP contribution in [0, 0.1) is 0 Å². The molecule has 0 aliphatic rings. The smallest absolute Gasteiger partial charge is 0.164 e. The minimum Gasteiger partial charge on any atom is -0.455 e. The topological polar surface area (TPSA) is 90.5 Å². The Morgan fingerprint density at radius 3 is 1.42 bits per heavy atom. The Balaban J connectivity index is 0.918. The van der Waals surface area contributed by atoms with Crippen molar-refractivity contribution in [2.75, 3.05) is 0 Å². The normalized spacial score (nSPS) is 11.5. The van der Waals surface area contributed by atoms with Crippen molar-refractivity contribution < 1.29 is 4.42 Å². The van der Waals surface area contributed by atoms with Gasteiger partial charge in [0.15, 0.2) is 34.9 Å². The van der Waals surface area contributed by atoms with E-state index in [2.05, 4.69) is 158 Å². The quantitative estimate of drug-likeness (QED) is 0.150. The predicted octanol–water partition coefficient (Wildman–Crippen LogP) is 15.6. The second kappa shape index (κ2) is 16.8. The van der Waals surface area contributed by atoms with Crippen LogP contribution in [0.2, 0.25) is 0 Å². The van der Waals surface area contributed by atoms with Gasteiger partial charge >= 0.3 is 0 Å². The fraction of sp³-hybridized carbons (Fsp3) is 0. The molecule has 0 atom stereocenters. The average Bonchev–Trinajstić information content (AvgIpc) is 3.83. The molecule has 0 unspecified atom stereocenters. The van der Waals surface area contributed by atoms with E-state index in [1.165, 1.54) is 0 Å². The van der Waals surface area contributed by atoms with E-state index >= 15 is 0 Å². The first-order valence-electron chi connectivity index (χ1n) is 22.9. The van der Waals surface area contributed by atoms with E-state index < -0.39 is 0 Å². The van der Waals surface area contributed by atoms with E-state index in [0.29, 0.717) is 34.9 Å². The van der Waals surface area contributed by atoms with Crippen molar-refractivity contribution in [2.45, 2.75) is 0 Å². The van der Waals surface area contributed by atoms with Gasteiger partial charge in [-0.25, -0.2) is 29.9 Å². The number of rotatable bonds is 8. The van der Waals surface area contributed by atoms with Crippen molar-refractivity contribution in [1.82, 2.24) is 29.9 Å². The number of hydrogen-bond donors (Lipinski definition) is 0. The lowest BCUT2D eigenvalue weighted by molar-refractivity contribution is 0.670. The Kier molecular flexibility index (Phi) is 9.68. The summed E-state index contributed by atoms with van der Waals surface area (Å²) in [7, 11) is 0. The van der Waals surface area contributed by atoms with Crippen molar-refractivity contribution in [3.63, 3.8) is 0 Å². The lowest BCUT2D eigenvalue weighted by Crippen LogP contribution is -2.00. The summed E-state index contributed by atoms with van der Waals surface area (Å²) >= 11 is 0. The Morgan fingerprint density at radius 2 is 0.710 bits per heavy atom. The van der Waals surface area contributed by atoms with E-state index in [1.807, 2.05) is 72.8 Å². The molecule has 322 valence electrons. The van der Waals surface area contributed by atoms with Crippen LogP contribution >= 0.6 is 0 Å². The predicted molar refractivity (Wildman–Crippen MR) is 279 cm³/mol. The van der Waals surface area contributed by atoms with Crippen LogP contribution in [0.4, 0.5) is 0 Å². The van der Waals surface area contributed by atoms with Gasteiger partial charge in [-0.3, -0.25) is 0 Å². The molecule has 0 fully saturated rings. The number of hydrogen-bond acceptors (Lipinski definition) is 7. The fourth-order valence-corrected chi connectivity index (χ4v) is 9.36. The third-order valence-electron chi connectivity index (χ3n) is 12.8. The third-order valence-corrected chi connectivity index (χ3v) is 12.8. The molecule has 10 aromatic carbocycles. The van der Waals surface area contributed by atoms with Gasteiger partial charge in [-0.05, 0) is 62.5 Å². The maximum atomic E-state index is 6.79. The Morgan fingerprint density at radius 1 is 0.246 bits per heavy atom. The molecule has 0 aliphatic heterocycles. The zero-order valence-corrected chi connectivity index (χ0v) is 37.0. The van der Waals surface area contributed by atoms with Crippen LogP contribution in [-0.2, 0) is 0 Å². The molecule has 3 aromatic heterocycles. The molecular weight excluding hydrogens is 845 g/mol. The summed E-state index contributed by atoms with van der Waals surface area (Å²) in [4.78, 5) is 30.4. The second-order valence-corrected chi connectivity index (χ2v) is 17.1. The molecule has 0 saturated heterocycles. The summed E-state index contributed by atoms with van der Waals surface area (Å²) in [5, 5.41) is 6.56. The minimum atomic E-state index is 0.591. The first-order chi connectivity index (χ1) is 34.2. The number of furan rings is 1. The fourth-order valence-electron chi connectivity index (χ4n) is 9.36. The number of para-hydroxylation sites is 1. The van der Waals surface area contributed by atoms with Gasteiger partial charge in [0, 0.05) is 49.7 Å². The molecule has 7 heteroatoms. The van der Waals surface area contributed by atoms with Gasteiger partial charge in [-0.15, -0.1) is 0 Å². The SMILES string of the molecule is c1ccc(-c2nc(-c3ccccc3)nc(-c3ccc(-c4ccc(-c5cccc(-c6nc(-c7ccc8ccccc8c7)nc(-c7cccc8ccccc78)n6)c5)c5c4oc4ccccc45)cc3)n2)cc1. The highest BCUT2D eigenvalue weighted by Gasteiger charge is 2.20. The zero-order chi connectivity index (χ0) is 45.7. The van der Waals surface area contributed by atoms with Crippen LogP contribution in [0.15, 0.2) is 235 Å². The Labute approximate surface area is 397 Å². The summed E-state index contributed by atoms with van der Waals surface area (Å²) in [5.74, 6) is 3.67. The first-order valence-corrected chi connectivity index (χ1v) is 22.9. The van der Waals surface area contributed by atoms with Crippen LogP contribution in [0.25, 0.3) is 134 Å². The highest BCUT2D eigenvalue weighted by Crippen LogP contribution is 2.43. The van der Waals surface area contributed by atoms with E-state index in [1.54, 1.807) is 0 Å². The van der Waals surface area contributed by atoms with Gasteiger partial charge in [0.1, 0.15) is 11.2 Å². The Hall–Kier alpha value is -9.46. The molecule has 7 nitrogen and oxygen atoms in total. The molecule has 0 aliphatic carbocycles. The monoisotopic (exact) mass is 882 g/mol. The lowest BCUT2D eigenvalue weighted by atomic mass is 9.93. The van der Waals surface area contributed by atoms with Crippen LogP contribution in [0.1, 0.15) is 0 Å². The van der Waals surface area contributed by atoms with Gasteiger partial charge in [0.05, 0.1) is 0 Å². The summed E-state index contributed by atoms with van der Waals surface area (Å²) in [6, 6.07) is 78.9. The van der Waals surface area contributed by atoms with Crippen LogP contribution < -0.4 is 0 Å². The maximum absolute atomic E-state index is 6.79. The molecule has 0 amide bonds. The Bertz CT molecular complexity index is 4010. The summed E-state index contributed by atoms with van der Waals surface area (Å²) in [6.07, 6.45) is 0. The van der Waals surface area contributed by atoms with Crippen LogP contribution in [-0.4, -0.2) is 29.9 Å². The van der Waals surface area contributed by atoms with Gasteiger partial charge in [-0.2, -0.15) is 0 Å². The second-order valence-electron chi connectivity index (χ2n) is 17.1. The number of fused-ring (bicyclic) bond motifs is 5. The molecule has 0 radical (unpaired) electrons. The largest absolute Gasteiger partial charge is 0.455 e. The minimum absolute atomic E-state index is 0.591. The molecule has 0 saturated carbocycles. The van der Waals surface area contributed by atoms with Crippen molar-refractivity contribution in [1.29, 1.82) is 0 Å². The molecule has 13 rings (SSSR count).